The number of hydrogen-bond donors (Lipinski definition) is 0. The number of carbonyl (C=O) groups is 1. The molecule has 1 fully saturated rings. The summed E-state index contributed by atoms with van der Waals surface area (Å²) in [6.07, 6.45) is -3.27. The number of nitrogens with zero attached hydrogens (tertiary/aromatic N) is 6. The molecule has 4 rings (SSSR count). The highest BCUT2D eigenvalue weighted by Crippen LogP contribution is 2.30. The first kappa shape index (κ1) is 21.7. The average Bonchev–Trinajstić information content (AvgIpc) is 3.29. The number of halogens is 4. The Labute approximate surface area is 179 Å². The maximum absolute atomic E-state index is 15.3. The molecule has 0 aromatic carbocycles. The minimum atomic E-state index is -4.54. The van der Waals surface area contributed by atoms with E-state index in [9.17, 15) is 18.0 Å². The quantitative estimate of drug-likeness (QED) is 0.448. The van der Waals surface area contributed by atoms with Gasteiger partial charge in [-0.3, -0.25) is 4.79 Å². The molecule has 32 heavy (non-hydrogen) atoms. The molecule has 1 saturated heterocycles. The second-order valence-corrected chi connectivity index (χ2v) is 7.19. The molecule has 3 aromatic heterocycles. The molecule has 0 N–H and O–H groups in total. The largest absolute Gasteiger partial charge is 0.469 e. The lowest BCUT2D eigenvalue weighted by Gasteiger charge is -2.36. The van der Waals surface area contributed by atoms with Crippen LogP contribution < -0.4 is 4.74 Å². The molecular weight excluding hydrogens is 432 g/mol. The first-order valence-corrected chi connectivity index (χ1v) is 9.73. The van der Waals surface area contributed by atoms with E-state index in [0.29, 0.717) is 18.3 Å². The summed E-state index contributed by atoms with van der Waals surface area (Å²) < 4.78 is 58.9. The van der Waals surface area contributed by atoms with Gasteiger partial charge in [-0.15, -0.1) is 4.80 Å². The number of aromatic nitrogens is 5. The highest BCUT2D eigenvalue weighted by atomic mass is 19.4. The fourth-order valence-corrected chi connectivity index (χ4v) is 3.37. The smallest absolute Gasteiger partial charge is 0.417 e. The van der Waals surface area contributed by atoms with Crippen molar-refractivity contribution in [2.45, 2.75) is 38.3 Å². The summed E-state index contributed by atoms with van der Waals surface area (Å²) in [6.45, 7) is 1.88. The van der Waals surface area contributed by atoms with Gasteiger partial charge in [-0.2, -0.15) is 23.4 Å². The Bertz CT molecular complexity index is 1090. The van der Waals surface area contributed by atoms with Gasteiger partial charge in [-0.05, 0) is 38.0 Å². The van der Waals surface area contributed by atoms with Crippen LogP contribution in [0.3, 0.4) is 0 Å². The van der Waals surface area contributed by atoms with Crippen LogP contribution in [-0.4, -0.2) is 54.7 Å². The van der Waals surface area contributed by atoms with E-state index >= 15 is 4.39 Å². The number of rotatable bonds is 4. The zero-order chi connectivity index (χ0) is 22.9. The summed E-state index contributed by atoms with van der Waals surface area (Å²) in [4.78, 5) is 23.3. The van der Waals surface area contributed by atoms with E-state index in [1.807, 2.05) is 0 Å². The highest BCUT2D eigenvalue weighted by molar-refractivity contribution is 5.97. The van der Waals surface area contributed by atoms with Gasteiger partial charge in [0.1, 0.15) is 0 Å². The molecule has 3 aromatic rings. The Balaban J connectivity index is 1.54. The lowest BCUT2D eigenvalue weighted by molar-refractivity contribution is -0.137. The number of ether oxygens (including phenoxy) is 1. The van der Waals surface area contributed by atoms with Gasteiger partial charge in [-0.1, -0.05) is 0 Å². The van der Waals surface area contributed by atoms with Crippen molar-refractivity contribution in [1.82, 2.24) is 29.9 Å². The summed E-state index contributed by atoms with van der Waals surface area (Å²) in [7, 11) is 0. The van der Waals surface area contributed by atoms with Gasteiger partial charge in [0.05, 0.1) is 23.5 Å². The standard InChI is InChI=1S/C20H18F4N6O2/c1-12-4-6-14(18(28-12)30-26-8-9-27-30)19(31)29-10-2-3-15(17(29)21)32-16-7-5-13(11-25-16)20(22,23)24/h4-9,11,15,17H,2-3,10H2,1H3/t15-,17-/m1/s1. The van der Waals surface area contributed by atoms with Crippen molar-refractivity contribution in [1.29, 1.82) is 0 Å². The zero-order valence-corrected chi connectivity index (χ0v) is 16.8. The summed E-state index contributed by atoms with van der Waals surface area (Å²) in [6, 6.07) is 4.99. The lowest BCUT2D eigenvalue weighted by atomic mass is 10.1. The molecule has 0 aliphatic carbocycles. The second kappa shape index (κ2) is 8.52. The van der Waals surface area contributed by atoms with E-state index in [-0.39, 0.29) is 30.2 Å². The minimum Gasteiger partial charge on any atom is -0.469 e. The number of carbonyl (C=O) groups excluding carboxylic acids is 1. The first-order valence-electron chi connectivity index (χ1n) is 9.73. The monoisotopic (exact) mass is 450 g/mol. The minimum absolute atomic E-state index is 0.114. The van der Waals surface area contributed by atoms with Crippen molar-refractivity contribution in [3.8, 4) is 11.7 Å². The van der Waals surface area contributed by atoms with Crippen molar-refractivity contribution in [2.75, 3.05) is 6.54 Å². The van der Waals surface area contributed by atoms with Gasteiger partial charge < -0.3 is 9.64 Å². The Morgan fingerprint density at radius 3 is 2.56 bits per heavy atom. The summed E-state index contributed by atoms with van der Waals surface area (Å²) in [5.41, 5.74) is -0.199. The number of amides is 1. The maximum atomic E-state index is 15.3. The zero-order valence-electron chi connectivity index (χ0n) is 16.8. The fourth-order valence-electron chi connectivity index (χ4n) is 3.37. The maximum Gasteiger partial charge on any atom is 0.417 e. The Kier molecular flexibility index (Phi) is 5.76. The molecular formula is C20H18F4N6O2. The number of hydrogen-bond acceptors (Lipinski definition) is 6. The number of pyridine rings is 2. The van der Waals surface area contributed by atoms with Gasteiger partial charge in [0, 0.05) is 24.5 Å². The van der Waals surface area contributed by atoms with Crippen LogP contribution in [0.4, 0.5) is 17.6 Å². The van der Waals surface area contributed by atoms with Gasteiger partial charge in [-0.25, -0.2) is 14.4 Å². The summed E-state index contributed by atoms with van der Waals surface area (Å²) >= 11 is 0. The molecule has 2 atom stereocenters. The Morgan fingerprint density at radius 2 is 1.91 bits per heavy atom. The van der Waals surface area contributed by atoms with E-state index in [4.69, 9.17) is 4.74 Å². The third-order valence-electron chi connectivity index (χ3n) is 4.94. The van der Waals surface area contributed by atoms with Gasteiger partial charge in [0.2, 0.25) is 12.2 Å². The van der Waals surface area contributed by atoms with E-state index in [0.717, 1.165) is 17.0 Å². The molecule has 0 bridgehead atoms. The van der Waals surface area contributed by atoms with Crippen LogP contribution in [0, 0.1) is 6.92 Å². The van der Waals surface area contributed by atoms with Gasteiger partial charge >= 0.3 is 6.18 Å². The van der Waals surface area contributed by atoms with E-state index in [2.05, 4.69) is 20.2 Å². The van der Waals surface area contributed by atoms with Crippen LogP contribution in [0.1, 0.15) is 34.5 Å². The number of aryl methyl sites for hydroxylation is 1. The van der Waals surface area contributed by atoms with Crippen LogP contribution in [-0.2, 0) is 6.18 Å². The number of likely N-dealkylation sites (tertiary alicyclic amines) is 1. The lowest BCUT2D eigenvalue weighted by Crippen LogP contribution is -2.51. The molecule has 0 unspecified atom stereocenters. The van der Waals surface area contributed by atoms with Gasteiger partial charge in [0.15, 0.2) is 11.9 Å². The summed E-state index contributed by atoms with van der Waals surface area (Å²) in [5.74, 6) is -0.607. The molecule has 4 heterocycles. The van der Waals surface area contributed by atoms with Crippen LogP contribution in [0.15, 0.2) is 42.9 Å². The molecule has 0 spiro atoms. The molecule has 168 valence electrons. The Morgan fingerprint density at radius 1 is 1.16 bits per heavy atom. The average molecular weight is 450 g/mol. The predicted octanol–water partition coefficient (Wildman–Crippen LogP) is 3.36. The second-order valence-electron chi connectivity index (χ2n) is 7.19. The van der Waals surface area contributed by atoms with Crippen LogP contribution >= 0.6 is 0 Å². The van der Waals surface area contributed by atoms with Crippen molar-refractivity contribution in [3.05, 3.63) is 59.7 Å². The topological polar surface area (TPSA) is 86.0 Å². The molecule has 1 amide bonds. The highest BCUT2D eigenvalue weighted by Gasteiger charge is 2.38. The van der Waals surface area contributed by atoms with Crippen molar-refractivity contribution >= 4 is 5.91 Å². The SMILES string of the molecule is Cc1ccc(C(=O)N2CCC[C@@H](Oc3ccc(C(F)(F)F)cn3)[C@@H]2F)c(-n2nccn2)n1. The van der Waals surface area contributed by atoms with Crippen LogP contribution in [0.5, 0.6) is 5.88 Å². The first-order chi connectivity index (χ1) is 15.2. The predicted molar refractivity (Wildman–Crippen MR) is 103 cm³/mol. The van der Waals surface area contributed by atoms with Crippen molar-refractivity contribution in [2.24, 2.45) is 0 Å². The third-order valence-corrected chi connectivity index (χ3v) is 4.94. The molecule has 12 heteroatoms. The molecule has 0 saturated carbocycles. The molecule has 1 aliphatic rings. The normalized spacial score (nSPS) is 19.1. The molecule has 1 aliphatic heterocycles. The van der Waals surface area contributed by atoms with E-state index < -0.39 is 30.0 Å². The Hall–Kier alpha value is -3.57. The van der Waals surface area contributed by atoms with Crippen LogP contribution in [0.2, 0.25) is 0 Å². The van der Waals surface area contributed by atoms with Crippen molar-refractivity contribution < 1.29 is 27.1 Å². The fraction of sp³-hybridized carbons (Fsp3) is 0.350. The van der Waals surface area contributed by atoms with E-state index in [1.165, 1.54) is 23.3 Å². The van der Waals surface area contributed by atoms with Crippen molar-refractivity contribution in [3.63, 3.8) is 0 Å². The number of alkyl halides is 4. The van der Waals surface area contributed by atoms with Gasteiger partial charge in [0.25, 0.3) is 5.91 Å². The molecule has 0 radical (unpaired) electrons. The number of piperidine rings is 1. The third kappa shape index (κ3) is 4.39. The van der Waals surface area contributed by atoms with E-state index in [1.54, 1.807) is 13.0 Å². The van der Waals surface area contributed by atoms with Crippen LogP contribution in [0.25, 0.3) is 5.82 Å². The summed E-state index contributed by atoms with van der Waals surface area (Å²) in [5, 5.41) is 7.99. The molecule has 8 nitrogen and oxygen atoms in total.